The van der Waals surface area contributed by atoms with Gasteiger partial charge in [-0.05, 0) is 49.4 Å². The molecule has 2 aromatic carbocycles. The number of hydrogen-bond acceptors (Lipinski definition) is 9. The minimum Gasteiger partial charge on any atom is -0.455 e. The summed E-state index contributed by atoms with van der Waals surface area (Å²) in [6.45, 7) is 10.1. The Kier molecular flexibility index (Phi) is 14.9. The largest absolute Gasteiger partial charge is 0.455 e. The number of piperidine rings is 1. The zero-order valence-corrected chi connectivity index (χ0v) is 32.3. The third-order valence-electron chi connectivity index (χ3n) is 10.2. The van der Waals surface area contributed by atoms with Crippen LogP contribution in [0.5, 0.6) is 0 Å². The van der Waals surface area contributed by atoms with Crippen LogP contribution in [-0.4, -0.2) is 82.3 Å². The number of aliphatic hydroxyl groups excluding tert-OH is 1. The summed E-state index contributed by atoms with van der Waals surface area (Å²) in [5.41, 5.74) is 1.50. The molecule has 3 N–H and O–H groups in total. The summed E-state index contributed by atoms with van der Waals surface area (Å²) >= 11 is 1.19. The van der Waals surface area contributed by atoms with Crippen molar-refractivity contribution in [3.63, 3.8) is 0 Å². The van der Waals surface area contributed by atoms with Crippen molar-refractivity contribution >= 4 is 35.0 Å². The second-order valence-electron chi connectivity index (χ2n) is 14.2. The summed E-state index contributed by atoms with van der Waals surface area (Å²) in [7, 11) is 3.68. The first kappa shape index (κ1) is 40.6. The Hall–Kier alpha value is -4.13. The average Bonchev–Trinajstić information content (AvgIpc) is 3.64. The molecule has 0 bridgehead atoms. The fourth-order valence-electron chi connectivity index (χ4n) is 6.82. The number of carbonyl (C=O) groups excluding carboxylic acids is 4. The van der Waals surface area contributed by atoms with Gasteiger partial charge < -0.3 is 25.4 Å². The number of likely N-dealkylation sites (N-methyl/N-ethyl adjacent to an activating group) is 2. The molecule has 0 aliphatic carbocycles. The second kappa shape index (κ2) is 19.1. The van der Waals surface area contributed by atoms with E-state index in [-0.39, 0.29) is 47.8 Å². The molecule has 0 spiro atoms. The van der Waals surface area contributed by atoms with Gasteiger partial charge in [0.05, 0.1) is 12.1 Å². The van der Waals surface area contributed by atoms with Gasteiger partial charge in [-0.15, -0.1) is 11.3 Å². The molecule has 0 radical (unpaired) electrons. The van der Waals surface area contributed by atoms with Gasteiger partial charge in [-0.2, -0.15) is 0 Å². The predicted molar refractivity (Wildman–Crippen MR) is 202 cm³/mol. The molecule has 1 saturated heterocycles. The van der Waals surface area contributed by atoms with Crippen molar-refractivity contribution in [3.8, 4) is 0 Å². The molecular weight excluding hydrogens is 679 g/mol. The van der Waals surface area contributed by atoms with E-state index in [0.29, 0.717) is 17.0 Å². The van der Waals surface area contributed by atoms with E-state index in [2.05, 4.69) is 20.5 Å². The van der Waals surface area contributed by atoms with Gasteiger partial charge in [0.25, 0.3) is 5.91 Å². The van der Waals surface area contributed by atoms with E-state index in [4.69, 9.17) is 4.74 Å². The maximum absolute atomic E-state index is 14.2. The second-order valence-corrected chi connectivity index (χ2v) is 15.1. The zero-order chi connectivity index (χ0) is 37.9. The van der Waals surface area contributed by atoms with Crippen molar-refractivity contribution in [2.75, 3.05) is 20.6 Å². The van der Waals surface area contributed by atoms with Crippen LogP contribution >= 0.6 is 11.3 Å². The third-order valence-corrected chi connectivity index (χ3v) is 11.1. The fraction of sp³-hybridized carbons (Fsp3) is 0.525. The highest BCUT2D eigenvalue weighted by Gasteiger charge is 2.37. The van der Waals surface area contributed by atoms with Crippen molar-refractivity contribution in [3.05, 3.63) is 87.9 Å². The van der Waals surface area contributed by atoms with Gasteiger partial charge in [-0.1, -0.05) is 101 Å². The standard InChI is InChI=1S/C40H55N5O6S/c1-8-26(4)34(42-38(49)31-21-15-16-22-44(31)6)40(50)45(7)32(25(2)3)23-33(51-27(5)46)39-41-30(24-52-39)37(48)43-35(28-17-11-9-12-18-28)36(47)29-19-13-10-14-20-29/h9-14,17-20,24-26,31-36,47H,8,15-16,21-23H2,1-7H3,(H,42,49)(H,43,48)/t26-,31+,32+,33+,34-,35+,36-/m0/s1. The number of likely N-dealkylation sites (tertiary alicyclic amines) is 1. The van der Waals surface area contributed by atoms with E-state index in [1.165, 1.54) is 18.3 Å². The predicted octanol–water partition coefficient (Wildman–Crippen LogP) is 5.84. The highest BCUT2D eigenvalue weighted by atomic mass is 32.1. The summed E-state index contributed by atoms with van der Waals surface area (Å²) in [4.78, 5) is 62.0. The van der Waals surface area contributed by atoms with Crippen molar-refractivity contribution in [1.29, 1.82) is 0 Å². The highest BCUT2D eigenvalue weighted by Crippen LogP contribution is 2.33. The monoisotopic (exact) mass is 733 g/mol. The number of thiazole rings is 1. The van der Waals surface area contributed by atoms with E-state index in [1.807, 2.05) is 83.3 Å². The van der Waals surface area contributed by atoms with E-state index in [0.717, 1.165) is 31.4 Å². The first-order chi connectivity index (χ1) is 24.8. The van der Waals surface area contributed by atoms with Crippen LogP contribution in [0.25, 0.3) is 0 Å². The quantitative estimate of drug-likeness (QED) is 0.156. The number of esters is 1. The third kappa shape index (κ3) is 10.5. The summed E-state index contributed by atoms with van der Waals surface area (Å²) in [5, 5.41) is 19.4. The van der Waals surface area contributed by atoms with Gasteiger partial charge in [0, 0.05) is 31.8 Å². The van der Waals surface area contributed by atoms with Crippen LogP contribution in [0, 0.1) is 11.8 Å². The molecule has 7 atom stereocenters. The van der Waals surface area contributed by atoms with Crippen molar-refractivity contribution in [2.24, 2.45) is 11.8 Å². The van der Waals surface area contributed by atoms with Crippen LogP contribution in [0.2, 0.25) is 0 Å². The maximum atomic E-state index is 14.2. The zero-order valence-electron chi connectivity index (χ0n) is 31.5. The highest BCUT2D eigenvalue weighted by molar-refractivity contribution is 7.09. The van der Waals surface area contributed by atoms with Crippen LogP contribution in [0.4, 0.5) is 0 Å². The molecule has 3 aromatic rings. The topological polar surface area (TPSA) is 141 Å². The molecule has 1 aromatic heterocycles. The summed E-state index contributed by atoms with van der Waals surface area (Å²) in [6.07, 6.45) is 1.86. The Morgan fingerprint density at radius 1 is 1.00 bits per heavy atom. The van der Waals surface area contributed by atoms with Gasteiger partial charge in [-0.3, -0.25) is 24.1 Å². The summed E-state index contributed by atoms with van der Waals surface area (Å²) in [5.74, 6) is -1.49. The average molecular weight is 734 g/mol. The van der Waals surface area contributed by atoms with Crippen molar-refractivity contribution in [1.82, 2.24) is 25.4 Å². The van der Waals surface area contributed by atoms with E-state index >= 15 is 0 Å². The Bertz CT molecular complexity index is 1620. The van der Waals surface area contributed by atoms with Gasteiger partial charge in [-0.25, -0.2) is 4.98 Å². The number of aliphatic hydroxyl groups is 1. The van der Waals surface area contributed by atoms with Crippen LogP contribution in [0.15, 0.2) is 66.0 Å². The molecule has 11 nitrogen and oxygen atoms in total. The number of amides is 3. The molecule has 0 unspecified atom stereocenters. The molecule has 4 rings (SSSR count). The molecule has 1 fully saturated rings. The number of ether oxygens (including phenoxy) is 1. The number of benzene rings is 2. The molecular formula is C40H55N5O6S. The van der Waals surface area contributed by atoms with Crippen molar-refractivity contribution in [2.45, 2.75) is 103 Å². The van der Waals surface area contributed by atoms with Crippen LogP contribution in [-0.2, 0) is 19.1 Å². The lowest BCUT2D eigenvalue weighted by molar-refractivity contribution is -0.149. The molecule has 2 heterocycles. The smallest absolute Gasteiger partial charge is 0.303 e. The molecule has 1 aliphatic rings. The Morgan fingerprint density at radius 2 is 1.63 bits per heavy atom. The van der Waals surface area contributed by atoms with Crippen molar-refractivity contribution < 1.29 is 29.0 Å². The molecule has 52 heavy (non-hydrogen) atoms. The first-order valence-electron chi connectivity index (χ1n) is 18.3. The van der Waals surface area contributed by atoms with Gasteiger partial charge in [0.2, 0.25) is 11.8 Å². The van der Waals surface area contributed by atoms with Gasteiger partial charge in [0.15, 0.2) is 6.10 Å². The van der Waals surface area contributed by atoms with Gasteiger partial charge >= 0.3 is 5.97 Å². The SMILES string of the molecule is CC[C@H](C)[C@H](NC(=O)[C@H]1CCCCN1C)C(=O)N(C)[C@H](C[C@@H](OC(C)=O)c1nc(C(=O)N[C@H](c2ccccc2)[C@@H](O)c2ccccc2)cs1)C(C)C. The molecule has 12 heteroatoms. The lowest BCUT2D eigenvalue weighted by Crippen LogP contribution is -2.58. The Morgan fingerprint density at radius 3 is 2.21 bits per heavy atom. The number of aromatic nitrogens is 1. The van der Waals surface area contributed by atoms with Crippen LogP contribution < -0.4 is 10.6 Å². The molecule has 1 aliphatic heterocycles. The number of nitrogens with one attached hydrogen (secondary N) is 2. The molecule has 3 amide bonds. The number of nitrogens with zero attached hydrogens (tertiary/aromatic N) is 3. The van der Waals surface area contributed by atoms with Crippen LogP contribution in [0.3, 0.4) is 0 Å². The van der Waals surface area contributed by atoms with E-state index < -0.39 is 36.2 Å². The minimum atomic E-state index is -1.02. The summed E-state index contributed by atoms with van der Waals surface area (Å²) < 4.78 is 5.80. The molecule has 282 valence electrons. The Balaban J connectivity index is 1.54. The van der Waals surface area contributed by atoms with Crippen LogP contribution in [0.1, 0.15) is 112 Å². The number of carbonyl (C=O) groups is 4. The fourth-order valence-corrected chi connectivity index (χ4v) is 7.66. The summed E-state index contributed by atoms with van der Waals surface area (Å²) in [6, 6.07) is 16.2. The van der Waals surface area contributed by atoms with E-state index in [9.17, 15) is 24.3 Å². The normalized spacial score (nSPS) is 18.4. The lowest BCUT2D eigenvalue weighted by Gasteiger charge is -2.38. The maximum Gasteiger partial charge on any atom is 0.303 e. The minimum absolute atomic E-state index is 0.0430. The number of rotatable bonds is 16. The number of hydrogen-bond donors (Lipinski definition) is 3. The molecule has 0 saturated carbocycles. The first-order valence-corrected chi connectivity index (χ1v) is 19.2. The lowest BCUT2D eigenvalue weighted by atomic mass is 9.92. The van der Waals surface area contributed by atoms with Gasteiger partial charge in [0.1, 0.15) is 22.8 Å². The van der Waals surface area contributed by atoms with E-state index in [1.54, 1.807) is 29.5 Å². The Labute approximate surface area is 312 Å².